The fourth-order valence-electron chi connectivity index (χ4n) is 5.16. The number of aryl methyl sites for hydroxylation is 1. The summed E-state index contributed by atoms with van der Waals surface area (Å²) in [5, 5.41) is 22.8. The number of hydrogen-bond donors (Lipinski definition) is 2. The molecule has 1 heterocycles. The lowest BCUT2D eigenvalue weighted by atomic mass is 9.52. The highest BCUT2D eigenvalue weighted by atomic mass is 16.5. The van der Waals surface area contributed by atoms with Crippen LogP contribution in [-0.2, 0) is 10.2 Å². The van der Waals surface area contributed by atoms with E-state index in [0.29, 0.717) is 17.9 Å². The Morgan fingerprint density at radius 3 is 2.65 bits per heavy atom. The minimum atomic E-state index is -1.46. The maximum atomic E-state index is 12.9. The Morgan fingerprint density at radius 1 is 1.38 bits per heavy atom. The first-order chi connectivity index (χ1) is 12.3. The Kier molecular flexibility index (Phi) is 4.82. The van der Waals surface area contributed by atoms with Crippen LogP contribution in [0.2, 0.25) is 0 Å². The van der Waals surface area contributed by atoms with Crippen LogP contribution in [0, 0.1) is 12.8 Å². The van der Waals surface area contributed by atoms with Crippen molar-refractivity contribution in [3.05, 3.63) is 23.3 Å². The van der Waals surface area contributed by atoms with Crippen LogP contribution >= 0.6 is 0 Å². The van der Waals surface area contributed by atoms with Crippen molar-refractivity contribution in [1.29, 1.82) is 0 Å². The number of rotatable bonds is 5. The molecule has 0 bridgehead atoms. The van der Waals surface area contributed by atoms with Gasteiger partial charge in [0.25, 0.3) is 0 Å². The Bertz CT molecular complexity index is 713. The average Bonchev–Trinajstić information content (AvgIpc) is 2.96. The summed E-state index contributed by atoms with van der Waals surface area (Å²) in [6, 6.07) is 3.76. The van der Waals surface area contributed by atoms with Crippen molar-refractivity contribution in [3.8, 4) is 11.5 Å². The summed E-state index contributed by atoms with van der Waals surface area (Å²) in [6.07, 6.45) is 0.309. The first kappa shape index (κ1) is 19.2. The van der Waals surface area contributed by atoms with Crippen LogP contribution in [0.5, 0.6) is 11.5 Å². The molecule has 1 aromatic rings. The first-order valence-corrected chi connectivity index (χ1v) is 9.53. The number of aliphatic hydroxyl groups is 2. The molecule has 1 aromatic carbocycles. The highest BCUT2D eigenvalue weighted by molar-refractivity contribution is 5.90. The number of unbranched alkanes of at least 4 members (excludes halogenated alkanes) is 1. The summed E-state index contributed by atoms with van der Waals surface area (Å²) in [6.45, 7) is 7.84. The minimum Gasteiger partial charge on any atom is -0.493 e. The number of ether oxygens (including phenoxy) is 2. The Balaban J connectivity index is 2.36. The molecule has 4 unspecified atom stereocenters. The van der Waals surface area contributed by atoms with E-state index in [1.165, 1.54) is 0 Å². The molecule has 4 atom stereocenters. The lowest BCUT2D eigenvalue weighted by Gasteiger charge is -2.55. The van der Waals surface area contributed by atoms with Gasteiger partial charge in [-0.3, -0.25) is 4.79 Å². The predicted octanol–water partition coefficient (Wildman–Crippen LogP) is 2.91. The third-order valence-corrected chi connectivity index (χ3v) is 6.39. The van der Waals surface area contributed by atoms with Crippen LogP contribution in [0.15, 0.2) is 12.1 Å². The van der Waals surface area contributed by atoms with E-state index in [1.807, 2.05) is 32.9 Å². The number of methoxy groups -OCH3 is 1. The Morgan fingerprint density at radius 2 is 2.08 bits per heavy atom. The SMILES string of the molecule is CCCCC12c3c(C)ccc(OC)c3OC1C(=O)CC(O)C2(O)C(C)C. The smallest absolute Gasteiger partial charge is 0.177 e. The predicted molar refractivity (Wildman–Crippen MR) is 98.8 cm³/mol. The topological polar surface area (TPSA) is 76.0 Å². The summed E-state index contributed by atoms with van der Waals surface area (Å²) < 4.78 is 11.7. The highest BCUT2D eigenvalue weighted by Crippen LogP contribution is 2.61. The van der Waals surface area contributed by atoms with Gasteiger partial charge in [0.15, 0.2) is 23.4 Å². The van der Waals surface area contributed by atoms with Crippen molar-refractivity contribution in [2.24, 2.45) is 5.92 Å². The zero-order chi connectivity index (χ0) is 19.3. The number of fused-ring (bicyclic) bond motifs is 3. The first-order valence-electron chi connectivity index (χ1n) is 9.53. The summed E-state index contributed by atoms with van der Waals surface area (Å²) >= 11 is 0. The van der Waals surface area contributed by atoms with Crippen LogP contribution in [0.1, 0.15) is 57.6 Å². The molecule has 0 spiro atoms. The largest absolute Gasteiger partial charge is 0.493 e. The van der Waals surface area contributed by atoms with Crippen LogP contribution in [0.3, 0.4) is 0 Å². The van der Waals surface area contributed by atoms with Crippen LogP contribution < -0.4 is 9.47 Å². The molecule has 2 aliphatic rings. The van der Waals surface area contributed by atoms with Crippen LogP contribution in [-0.4, -0.2) is 40.9 Å². The monoisotopic (exact) mass is 362 g/mol. The zero-order valence-electron chi connectivity index (χ0n) is 16.3. The van der Waals surface area contributed by atoms with E-state index in [-0.39, 0.29) is 18.1 Å². The molecule has 5 nitrogen and oxygen atoms in total. The number of aliphatic hydroxyl groups excluding tert-OH is 1. The molecule has 2 N–H and O–H groups in total. The van der Waals surface area contributed by atoms with E-state index >= 15 is 0 Å². The Hall–Kier alpha value is -1.59. The third kappa shape index (κ3) is 2.26. The van der Waals surface area contributed by atoms with Crippen molar-refractivity contribution >= 4 is 5.78 Å². The van der Waals surface area contributed by atoms with E-state index < -0.39 is 23.2 Å². The van der Waals surface area contributed by atoms with Gasteiger partial charge < -0.3 is 19.7 Å². The van der Waals surface area contributed by atoms with Crippen molar-refractivity contribution in [2.75, 3.05) is 7.11 Å². The van der Waals surface area contributed by atoms with Gasteiger partial charge in [0.1, 0.15) is 5.60 Å². The lowest BCUT2D eigenvalue weighted by Crippen LogP contribution is -2.71. The molecule has 3 rings (SSSR count). The number of hydrogen-bond acceptors (Lipinski definition) is 5. The molecule has 0 amide bonds. The van der Waals surface area contributed by atoms with Crippen LogP contribution in [0.25, 0.3) is 0 Å². The minimum absolute atomic E-state index is 0.0947. The molecule has 0 radical (unpaired) electrons. The van der Waals surface area contributed by atoms with Gasteiger partial charge in [-0.2, -0.15) is 0 Å². The summed E-state index contributed by atoms with van der Waals surface area (Å²) in [4.78, 5) is 12.9. The van der Waals surface area contributed by atoms with Gasteiger partial charge in [-0.05, 0) is 30.9 Å². The molecule has 144 valence electrons. The maximum absolute atomic E-state index is 12.9. The third-order valence-electron chi connectivity index (χ3n) is 6.39. The lowest BCUT2D eigenvalue weighted by molar-refractivity contribution is -0.200. The van der Waals surface area contributed by atoms with E-state index in [1.54, 1.807) is 7.11 Å². The number of carbonyl (C=O) groups excluding carboxylic acids is 1. The molecule has 5 heteroatoms. The molecule has 0 aromatic heterocycles. The number of ketones is 1. The number of carbonyl (C=O) groups is 1. The van der Waals surface area contributed by atoms with Gasteiger partial charge in [-0.25, -0.2) is 0 Å². The molecular formula is C21H30O5. The fraction of sp³-hybridized carbons (Fsp3) is 0.667. The van der Waals surface area contributed by atoms with Crippen molar-refractivity contribution in [2.45, 2.75) is 76.6 Å². The standard InChI is InChI=1S/C21H30O5/c1-6-7-10-20-17-13(4)8-9-15(25-5)18(17)26-19(20)14(22)11-16(23)21(20,24)12(2)3/h8-9,12,16,19,23-24H,6-7,10-11H2,1-5H3. The molecule has 1 aliphatic heterocycles. The van der Waals surface area contributed by atoms with Gasteiger partial charge in [0, 0.05) is 12.0 Å². The second-order valence-corrected chi connectivity index (χ2v) is 8.03. The Labute approximate surface area is 155 Å². The van der Waals surface area contributed by atoms with Gasteiger partial charge >= 0.3 is 0 Å². The molecule has 26 heavy (non-hydrogen) atoms. The zero-order valence-corrected chi connectivity index (χ0v) is 16.3. The molecule has 1 fully saturated rings. The second kappa shape index (κ2) is 6.54. The van der Waals surface area contributed by atoms with E-state index in [4.69, 9.17) is 9.47 Å². The maximum Gasteiger partial charge on any atom is 0.177 e. The van der Waals surface area contributed by atoms with Gasteiger partial charge in [-0.15, -0.1) is 0 Å². The van der Waals surface area contributed by atoms with E-state index in [0.717, 1.165) is 24.0 Å². The van der Waals surface area contributed by atoms with Gasteiger partial charge in [0.05, 0.1) is 18.6 Å². The normalized spacial score (nSPS) is 33.0. The molecule has 0 saturated heterocycles. The molecule has 1 aliphatic carbocycles. The number of benzene rings is 1. The van der Waals surface area contributed by atoms with Gasteiger partial charge in [0.2, 0.25) is 0 Å². The fourth-order valence-corrected chi connectivity index (χ4v) is 5.16. The summed E-state index contributed by atoms with van der Waals surface area (Å²) in [7, 11) is 1.57. The number of Topliss-reactive ketones (excluding diaryl/α,β-unsaturated/α-hetero) is 1. The summed E-state index contributed by atoms with van der Waals surface area (Å²) in [5.41, 5.74) is -0.665. The molecular weight excluding hydrogens is 332 g/mol. The van der Waals surface area contributed by atoms with Crippen molar-refractivity contribution < 1.29 is 24.5 Å². The summed E-state index contributed by atoms with van der Waals surface area (Å²) in [5.74, 6) is 0.695. The quantitative estimate of drug-likeness (QED) is 0.842. The molecule has 1 saturated carbocycles. The second-order valence-electron chi connectivity index (χ2n) is 8.03. The van der Waals surface area contributed by atoms with E-state index in [9.17, 15) is 15.0 Å². The van der Waals surface area contributed by atoms with E-state index in [2.05, 4.69) is 6.92 Å². The van der Waals surface area contributed by atoms with Crippen LogP contribution in [0.4, 0.5) is 0 Å². The van der Waals surface area contributed by atoms with Crippen molar-refractivity contribution in [3.63, 3.8) is 0 Å². The van der Waals surface area contributed by atoms with Gasteiger partial charge in [-0.1, -0.05) is 39.7 Å². The average molecular weight is 362 g/mol. The highest BCUT2D eigenvalue weighted by Gasteiger charge is 2.70. The van der Waals surface area contributed by atoms with Crippen molar-refractivity contribution in [1.82, 2.24) is 0 Å².